The molecule has 0 aliphatic carbocycles. The molecule has 0 bridgehead atoms. The van der Waals surface area contributed by atoms with Crippen molar-refractivity contribution >= 4 is 15.9 Å². The number of nitrogens with zero attached hydrogens (tertiary/aromatic N) is 1. The molecule has 0 unspecified atom stereocenters. The van der Waals surface area contributed by atoms with E-state index in [0.29, 0.717) is 19.6 Å². The molecule has 0 spiro atoms. The zero-order valence-corrected chi connectivity index (χ0v) is 11.6. The maximum Gasteiger partial charge on any atom is 0.317 e. The van der Waals surface area contributed by atoms with E-state index in [-0.39, 0.29) is 23.0 Å². The first-order valence-corrected chi connectivity index (χ1v) is 7.75. The van der Waals surface area contributed by atoms with Crippen LogP contribution in [-0.2, 0) is 9.84 Å². The third-order valence-corrected chi connectivity index (χ3v) is 4.39. The first-order chi connectivity index (χ1) is 7.70. The van der Waals surface area contributed by atoms with E-state index in [4.69, 9.17) is 0 Å². The van der Waals surface area contributed by atoms with Gasteiger partial charge in [0, 0.05) is 19.6 Å². The monoisotopic (exact) mass is 262 g/mol. The van der Waals surface area contributed by atoms with Crippen molar-refractivity contribution in [2.75, 3.05) is 31.1 Å². The average Bonchev–Trinajstić information content (AvgIpc) is 2.15. The Hall–Kier alpha value is -0.780. The standard InChI is InChI=1S/C11H22N2O3S/c1-11(2,3)4-5-12-10(14)13-6-8-17(15,16)9-7-13/h4-9H2,1-3H3,(H,12,14). The van der Waals surface area contributed by atoms with Crippen LogP contribution in [0.25, 0.3) is 0 Å². The molecule has 0 aromatic carbocycles. The van der Waals surface area contributed by atoms with Crippen molar-refractivity contribution in [2.24, 2.45) is 5.41 Å². The van der Waals surface area contributed by atoms with Gasteiger partial charge >= 0.3 is 6.03 Å². The number of sulfone groups is 1. The molecule has 6 heteroatoms. The van der Waals surface area contributed by atoms with Gasteiger partial charge in [-0.1, -0.05) is 20.8 Å². The number of carbonyl (C=O) groups excluding carboxylic acids is 1. The fraction of sp³-hybridized carbons (Fsp3) is 0.909. The summed E-state index contributed by atoms with van der Waals surface area (Å²) in [6.45, 7) is 7.60. The summed E-state index contributed by atoms with van der Waals surface area (Å²) in [6, 6.07) is -0.149. The number of rotatable bonds is 2. The molecule has 1 heterocycles. The normalized spacial score (nSPS) is 20.1. The van der Waals surface area contributed by atoms with Gasteiger partial charge < -0.3 is 10.2 Å². The van der Waals surface area contributed by atoms with Crippen molar-refractivity contribution < 1.29 is 13.2 Å². The van der Waals surface area contributed by atoms with Crippen molar-refractivity contribution in [3.8, 4) is 0 Å². The van der Waals surface area contributed by atoms with E-state index in [1.165, 1.54) is 0 Å². The smallest absolute Gasteiger partial charge is 0.317 e. The fourth-order valence-electron chi connectivity index (χ4n) is 1.57. The summed E-state index contributed by atoms with van der Waals surface area (Å²) < 4.78 is 22.4. The highest BCUT2D eigenvalue weighted by molar-refractivity contribution is 7.91. The van der Waals surface area contributed by atoms with Gasteiger partial charge in [0.05, 0.1) is 11.5 Å². The van der Waals surface area contributed by atoms with Gasteiger partial charge in [0.1, 0.15) is 0 Å². The summed E-state index contributed by atoms with van der Waals surface area (Å²) >= 11 is 0. The molecule has 1 aliphatic heterocycles. The molecule has 5 nitrogen and oxygen atoms in total. The molecule has 1 N–H and O–H groups in total. The second-order valence-electron chi connectivity index (χ2n) is 5.68. The summed E-state index contributed by atoms with van der Waals surface area (Å²) in [5.41, 5.74) is 0.193. The van der Waals surface area contributed by atoms with Crippen LogP contribution in [0.3, 0.4) is 0 Å². The van der Waals surface area contributed by atoms with Crippen LogP contribution in [0.15, 0.2) is 0 Å². The molecular weight excluding hydrogens is 240 g/mol. The highest BCUT2D eigenvalue weighted by Crippen LogP contribution is 2.17. The maximum absolute atomic E-state index is 11.7. The lowest BCUT2D eigenvalue weighted by Gasteiger charge is -2.27. The predicted molar refractivity (Wildman–Crippen MR) is 67.7 cm³/mol. The van der Waals surface area contributed by atoms with E-state index < -0.39 is 9.84 Å². The minimum absolute atomic E-state index is 0.0830. The van der Waals surface area contributed by atoms with Crippen LogP contribution in [0.2, 0.25) is 0 Å². The van der Waals surface area contributed by atoms with Crippen molar-refractivity contribution in [1.82, 2.24) is 10.2 Å². The molecule has 1 rings (SSSR count). The molecule has 0 aromatic rings. The first kappa shape index (κ1) is 14.3. The van der Waals surface area contributed by atoms with E-state index in [0.717, 1.165) is 6.42 Å². The molecule has 1 saturated heterocycles. The van der Waals surface area contributed by atoms with Crippen LogP contribution in [0.4, 0.5) is 4.79 Å². The summed E-state index contributed by atoms with van der Waals surface area (Å²) in [7, 11) is -2.91. The van der Waals surface area contributed by atoms with Gasteiger partial charge in [-0.25, -0.2) is 13.2 Å². The van der Waals surface area contributed by atoms with Crippen molar-refractivity contribution in [1.29, 1.82) is 0 Å². The third-order valence-electron chi connectivity index (χ3n) is 2.78. The minimum atomic E-state index is -2.91. The number of urea groups is 1. The number of hydrogen-bond acceptors (Lipinski definition) is 3. The van der Waals surface area contributed by atoms with Crippen molar-refractivity contribution in [3.63, 3.8) is 0 Å². The second kappa shape index (κ2) is 5.25. The summed E-state index contributed by atoms with van der Waals surface area (Å²) in [4.78, 5) is 13.3. The molecule has 1 aliphatic rings. The highest BCUT2D eigenvalue weighted by Gasteiger charge is 2.24. The molecule has 0 saturated carbocycles. The van der Waals surface area contributed by atoms with Gasteiger partial charge in [-0.15, -0.1) is 0 Å². The van der Waals surface area contributed by atoms with Gasteiger partial charge in [0.25, 0.3) is 0 Å². The third kappa shape index (κ3) is 5.39. The maximum atomic E-state index is 11.7. The molecule has 2 amide bonds. The minimum Gasteiger partial charge on any atom is -0.338 e. The van der Waals surface area contributed by atoms with Gasteiger partial charge in [0.15, 0.2) is 9.84 Å². The van der Waals surface area contributed by atoms with E-state index in [9.17, 15) is 13.2 Å². The van der Waals surface area contributed by atoms with Crippen molar-refractivity contribution in [3.05, 3.63) is 0 Å². The van der Waals surface area contributed by atoms with Gasteiger partial charge in [-0.05, 0) is 11.8 Å². The SMILES string of the molecule is CC(C)(C)CCNC(=O)N1CCS(=O)(=O)CC1. The van der Waals surface area contributed by atoms with E-state index >= 15 is 0 Å². The summed E-state index contributed by atoms with van der Waals surface area (Å²) in [6.07, 6.45) is 0.908. The fourth-order valence-corrected chi connectivity index (χ4v) is 2.77. The Morgan fingerprint density at radius 1 is 1.24 bits per heavy atom. The average molecular weight is 262 g/mol. The Morgan fingerprint density at radius 2 is 1.76 bits per heavy atom. The van der Waals surface area contributed by atoms with Crippen LogP contribution in [0.1, 0.15) is 27.2 Å². The number of amides is 2. The predicted octanol–water partition coefficient (Wildman–Crippen LogP) is 0.863. The van der Waals surface area contributed by atoms with Crippen LogP contribution < -0.4 is 5.32 Å². The first-order valence-electron chi connectivity index (χ1n) is 5.93. The quantitative estimate of drug-likeness (QED) is 0.802. The van der Waals surface area contributed by atoms with E-state index in [1.807, 2.05) is 0 Å². The van der Waals surface area contributed by atoms with Crippen LogP contribution in [-0.4, -0.2) is 50.5 Å². The Morgan fingerprint density at radius 3 is 2.24 bits per heavy atom. The van der Waals surface area contributed by atoms with Crippen LogP contribution >= 0.6 is 0 Å². The second-order valence-corrected chi connectivity index (χ2v) is 7.99. The van der Waals surface area contributed by atoms with Gasteiger partial charge in [0.2, 0.25) is 0 Å². The zero-order chi connectivity index (χ0) is 13.1. The lowest BCUT2D eigenvalue weighted by molar-refractivity contribution is 0.200. The van der Waals surface area contributed by atoms with E-state index in [1.54, 1.807) is 4.90 Å². The zero-order valence-electron chi connectivity index (χ0n) is 10.8. The molecule has 100 valence electrons. The number of carbonyl (C=O) groups is 1. The Balaban J connectivity index is 2.30. The summed E-state index contributed by atoms with van der Waals surface area (Å²) in [5.74, 6) is 0.166. The van der Waals surface area contributed by atoms with Gasteiger partial charge in [-0.2, -0.15) is 0 Å². The van der Waals surface area contributed by atoms with Crippen molar-refractivity contribution in [2.45, 2.75) is 27.2 Å². The van der Waals surface area contributed by atoms with Crippen LogP contribution in [0.5, 0.6) is 0 Å². The molecule has 0 aromatic heterocycles. The molecular formula is C11H22N2O3S. The van der Waals surface area contributed by atoms with Gasteiger partial charge in [-0.3, -0.25) is 0 Å². The molecule has 1 fully saturated rings. The molecule has 0 atom stereocenters. The topological polar surface area (TPSA) is 66.5 Å². The highest BCUT2D eigenvalue weighted by atomic mass is 32.2. The number of hydrogen-bond donors (Lipinski definition) is 1. The molecule has 17 heavy (non-hydrogen) atoms. The Kier molecular flexibility index (Phi) is 4.41. The lowest BCUT2D eigenvalue weighted by atomic mass is 9.92. The lowest BCUT2D eigenvalue weighted by Crippen LogP contribution is -2.48. The largest absolute Gasteiger partial charge is 0.338 e. The Labute approximate surface area is 103 Å². The van der Waals surface area contributed by atoms with Crippen LogP contribution in [0, 0.1) is 5.41 Å². The molecule has 0 radical (unpaired) electrons. The van der Waals surface area contributed by atoms with E-state index in [2.05, 4.69) is 26.1 Å². The number of nitrogens with one attached hydrogen (secondary N) is 1. The summed E-state index contributed by atoms with van der Waals surface area (Å²) in [5, 5.41) is 2.83. The Bertz CT molecular complexity index is 357.